The van der Waals surface area contributed by atoms with Crippen LogP contribution in [0.1, 0.15) is 71.6 Å². The molecule has 1 unspecified atom stereocenters. The Labute approximate surface area is 163 Å². The number of carbonyl (C=O) groups excluding carboxylic acids is 1. The Bertz CT molecular complexity index is 772. The van der Waals surface area contributed by atoms with Crippen LogP contribution in [0.4, 0.5) is 0 Å². The first kappa shape index (κ1) is 16.8. The van der Waals surface area contributed by atoms with Crippen LogP contribution >= 0.6 is 0 Å². The minimum Gasteiger partial charge on any atom is -0.295 e. The molecule has 144 valence electrons. The van der Waals surface area contributed by atoms with Gasteiger partial charge >= 0.3 is 0 Å². The molecule has 0 aromatic heterocycles. The molecule has 5 fully saturated rings. The van der Waals surface area contributed by atoms with Crippen molar-refractivity contribution >= 4 is 5.78 Å². The van der Waals surface area contributed by atoms with Crippen LogP contribution in [0.5, 0.6) is 0 Å². The summed E-state index contributed by atoms with van der Waals surface area (Å²) in [7, 11) is 0. The molecule has 0 amide bonds. The van der Waals surface area contributed by atoms with E-state index >= 15 is 0 Å². The van der Waals surface area contributed by atoms with E-state index in [1.807, 2.05) is 0 Å². The Morgan fingerprint density at radius 1 is 1.19 bits per heavy atom. The van der Waals surface area contributed by atoms with Gasteiger partial charge in [0.25, 0.3) is 0 Å². The summed E-state index contributed by atoms with van der Waals surface area (Å²) in [5, 5.41) is 10.3. The van der Waals surface area contributed by atoms with Gasteiger partial charge in [-0.2, -0.15) is 5.26 Å². The van der Waals surface area contributed by atoms with E-state index in [0.717, 1.165) is 48.3 Å². The average Bonchev–Trinajstić information content (AvgIpc) is 3.59. The van der Waals surface area contributed by atoms with Crippen molar-refractivity contribution in [1.29, 1.82) is 5.26 Å². The number of fused-ring (bicyclic) bond motifs is 7. The molecule has 0 aromatic rings. The smallest absolute Gasteiger partial charge is 0.155 e. The Balaban J connectivity index is 1.45. The van der Waals surface area contributed by atoms with Gasteiger partial charge in [0, 0.05) is 6.42 Å². The zero-order chi connectivity index (χ0) is 18.6. The SMILES string of the molecule is CC[C@]12CC[C@H]3[C@H]([C@@H]1[C@@H]1C[C@@H]1C2(C)C#N)[C@@H](C1CC1)CC1=CC(=O)CC[C@@H]13. The number of carbonyl (C=O) groups is 1. The summed E-state index contributed by atoms with van der Waals surface area (Å²) < 4.78 is 0. The zero-order valence-corrected chi connectivity index (χ0v) is 16.9. The van der Waals surface area contributed by atoms with Gasteiger partial charge in [-0.3, -0.25) is 4.79 Å². The summed E-state index contributed by atoms with van der Waals surface area (Å²) in [4.78, 5) is 12.1. The zero-order valence-electron chi connectivity index (χ0n) is 16.9. The van der Waals surface area contributed by atoms with Crippen LogP contribution in [0.2, 0.25) is 0 Å². The largest absolute Gasteiger partial charge is 0.295 e. The summed E-state index contributed by atoms with van der Waals surface area (Å²) in [6.45, 7) is 4.72. The van der Waals surface area contributed by atoms with Crippen molar-refractivity contribution in [1.82, 2.24) is 0 Å². The van der Waals surface area contributed by atoms with Crippen molar-refractivity contribution in [2.24, 2.45) is 58.2 Å². The van der Waals surface area contributed by atoms with Gasteiger partial charge in [-0.1, -0.05) is 12.5 Å². The van der Waals surface area contributed by atoms with E-state index in [-0.39, 0.29) is 10.8 Å². The third-order valence-electron chi connectivity index (χ3n) is 10.6. The Morgan fingerprint density at radius 3 is 2.70 bits per heavy atom. The summed E-state index contributed by atoms with van der Waals surface area (Å²) in [5.74, 6) is 6.73. The fourth-order valence-corrected chi connectivity index (χ4v) is 9.37. The fourth-order valence-electron chi connectivity index (χ4n) is 9.37. The maximum Gasteiger partial charge on any atom is 0.155 e. The van der Waals surface area contributed by atoms with Crippen molar-refractivity contribution in [2.75, 3.05) is 0 Å². The molecule has 0 radical (unpaired) electrons. The molecule has 0 aromatic carbocycles. The molecule has 6 rings (SSSR count). The highest BCUT2D eigenvalue weighted by Gasteiger charge is 2.76. The van der Waals surface area contributed by atoms with E-state index in [9.17, 15) is 10.1 Å². The highest BCUT2D eigenvalue weighted by atomic mass is 16.1. The van der Waals surface area contributed by atoms with Gasteiger partial charge in [-0.25, -0.2) is 0 Å². The van der Waals surface area contributed by atoms with Gasteiger partial charge < -0.3 is 0 Å². The second-order valence-electron chi connectivity index (χ2n) is 11.2. The molecule has 0 saturated heterocycles. The topological polar surface area (TPSA) is 40.9 Å². The molecule has 0 aliphatic heterocycles. The lowest BCUT2D eigenvalue weighted by Gasteiger charge is -2.60. The predicted octanol–water partition coefficient (Wildman–Crippen LogP) is 5.54. The molecule has 0 bridgehead atoms. The maximum absolute atomic E-state index is 12.1. The monoisotopic (exact) mass is 363 g/mol. The molecular formula is C25H33NO. The number of rotatable bonds is 2. The van der Waals surface area contributed by atoms with Crippen molar-refractivity contribution in [3.05, 3.63) is 11.6 Å². The van der Waals surface area contributed by atoms with Crippen molar-refractivity contribution in [3.63, 3.8) is 0 Å². The van der Waals surface area contributed by atoms with Gasteiger partial charge in [0.2, 0.25) is 0 Å². The molecule has 9 atom stereocenters. The minimum absolute atomic E-state index is 0.0885. The highest BCUT2D eigenvalue weighted by Crippen LogP contribution is 2.80. The van der Waals surface area contributed by atoms with Gasteiger partial charge in [0.15, 0.2) is 5.78 Å². The normalized spacial score (nSPS) is 55.5. The Hall–Kier alpha value is -1.10. The quantitative estimate of drug-likeness (QED) is 0.646. The fraction of sp³-hybridized carbons (Fsp3) is 0.840. The van der Waals surface area contributed by atoms with Crippen LogP contribution in [0.25, 0.3) is 0 Å². The second-order valence-corrected chi connectivity index (χ2v) is 11.2. The Kier molecular flexibility index (Phi) is 3.29. The second kappa shape index (κ2) is 5.28. The number of allylic oxidation sites excluding steroid dienone is 1. The lowest BCUT2D eigenvalue weighted by Crippen LogP contribution is -2.54. The van der Waals surface area contributed by atoms with Gasteiger partial charge in [0.05, 0.1) is 11.5 Å². The van der Waals surface area contributed by atoms with Crippen LogP contribution in [0, 0.1) is 69.5 Å². The summed E-state index contributed by atoms with van der Waals surface area (Å²) in [5.41, 5.74) is 1.71. The van der Waals surface area contributed by atoms with Crippen molar-refractivity contribution in [3.8, 4) is 6.07 Å². The van der Waals surface area contributed by atoms with E-state index in [2.05, 4.69) is 26.0 Å². The van der Waals surface area contributed by atoms with Crippen LogP contribution in [0.15, 0.2) is 11.6 Å². The number of nitrogens with zero attached hydrogens (tertiary/aromatic N) is 1. The van der Waals surface area contributed by atoms with E-state index in [1.165, 1.54) is 50.5 Å². The first-order valence-corrected chi connectivity index (χ1v) is 11.7. The number of hydrogen-bond donors (Lipinski definition) is 0. The molecule has 27 heavy (non-hydrogen) atoms. The van der Waals surface area contributed by atoms with E-state index in [4.69, 9.17) is 0 Å². The molecule has 6 aliphatic carbocycles. The molecular weight excluding hydrogens is 330 g/mol. The van der Waals surface area contributed by atoms with Gasteiger partial charge in [-0.05, 0) is 117 Å². The van der Waals surface area contributed by atoms with Gasteiger partial charge in [-0.15, -0.1) is 0 Å². The van der Waals surface area contributed by atoms with Crippen LogP contribution in [-0.4, -0.2) is 5.78 Å². The van der Waals surface area contributed by atoms with E-state index in [0.29, 0.717) is 17.6 Å². The summed E-state index contributed by atoms with van der Waals surface area (Å²) >= 11 is 0. The summed E-state index contributed by atoms with van der Waals surface area (Å²) in [6.07, 6.45) is 13.1. The predicted molar refractivity (Wildman–Crippen MR) is 104 cm³/mol. The molecule has 0 heterocycles. The van der Waals surface area contributed by atoms with E-state index in [1.54, 1.807) is 0 Å². The van der Waals surface area contributed by atoms with E-state index < -0.39 is 0 Å². The van der Waals surface area contributed by atoms with Crippen LogP contribution in [-0.2, 0) is 4.79 Å². The first-order chi connectivity index (χ1) is 13.0. The van der Waals surface area contributed by atoms with Crippen molar-refractivity contribution < 1.29 is 4.79 Å². The lowest BCUT2D eigenvalue weighted by atomic mass is 9.44. The molecule has 0 spiro atoms. The maximum atomic E-state index is 12.1. The van der Waals surface area contributed by atoms with Crippen LogP contribution < -0.4 is 0 Å². The standard InChI is InChI=1S/C25H33NO/c1-3-25-9-8-18-17-7-6-16(27)10-15(17)11-19(14-4-5-14)22(18)23(25)20-12-21(20)24(25,2)13-26/h10,14,17-23H,3-9,11-12H2,1-2H3/t17-,18+,19+,20+,21-,22-,23-,24?,25-/m0/s1. The van der Waals surface area contributed by atoms with Gasteiger partial charge in [0.1, 0.15) is 0 Å². The number of ketones is 1. The third kappa shape index (κ3) is 1.95. The minimum atomic E-state index is -0.0885. The Morgan fingerprint density at radius 2 is 2.00 bits per heavy atom. The van der Waals surface area contributed by atoms with Crippen LogP contribution in [0.3, 0.4) is 0 Å². The molecule has 5 saturated carbocycles. The molecule has 6 aliphatic rings. The average molecular weight is 364 g/mol. The first-order valence-electron chi connectivity index (χ1n) is 11.7. The number of nitriles is 1. The molecule has 2 heteroatoms. The molecule has 0 N–H and O–H groups in total. The highest BCUT2D eigenvalue weighted by molar-refractivity contribution is 5.91. The van der Waals surface area contributed by atoms with Crippen molar-refractivity contribution in [2.45, 2.75) is 71.6 Å². The third-order valence-corrected chi connectivity index (χ3v) is 10.6. The molecule has 2 nitrogen and oxygen atoms in total. The summed E-state index contributed by atoms with van der Waals surface area (Å²) in [6, 6.07) is 2.88. The number of hydrogen-bond acceptors (Lipinski definition) is 2. The lowest BCUT2D eigenvalue weighted by molar-refractivity contribution is -0.118.